The molecule has 2 nitrogen and oxygen atoms in total. The zero-order chi connectivity index (χ0) is 8.65. The van der Waals surface area contributed by atoms with E-state index in [-0.39, 0.29) is 5.97 Å². The molecule has 0 saturated heterocycles. The van der Waals surface area contributed by atoms with Crippen molar-refractivity contribution >= 4 is 5.97 Å². The molecule has 0 aliphatic carbocycles. The highest BCUT2D eigenvalue weighted by Gasteiger charge is 2.01. The Kier molecular flexibility index (Phi) is 4.50. The lowest BCUT2D eigenvalue weighted by molar-refractivity contribution is -0.143. The molecule has 0 N–H and O–H groups in total. The van der Waals surface area contributed by atoms with E-state index in [1.807, 2.05) is 0 Å². The van der Waals surface area contributed by atoms with Crippen LogP contribution in [0.25, 0.3) is 0 Å². The van der Waals surface area contributed by atoms with E-state index in [1.54, 1.807) is 0 Å². The molecule has 0 saturated carbocycles. The van der Waals surface area contributed by atoms with E-state index in [2.05, 4.69) is 12.2 Å². The Morgan fingerprint density at radius 1 is 1.08 bits per heavy atom. The first-order chi connectivity index (χ1) is 5.89. The standard InChI is InChI=1S/C10H16O2/c11-10-8-6-4-2-1-3-5-7-9-12-10/h1-2H,3-9H2. The third-order valence-corrected chi connectivity index (χ3v) is 1.95. The lowest BCUT2D eigenvalue weighted by Crippen LogP contribution is -2.04. The van der Waals surface area contributed by atoms with Crippen LogP contribution >= 0.6 is 0 Å². The minimum atomic E-state index is -0.0368. The minimum absolute atomic E-state index is 0.0368. The van der Waals surface area contributed by atoms with Crippen LogP contribution in [0.1, 0.15) is 38.5 Å². The third-order valence-electron chi connectivity index (χ3n) is 1.95. The van der Waals surface area contributed by atoms with Crippen molar-refractivity contribution in [3.05, 3.63) is 12.2 Å². The molecule has 0 amide bonds. The largest absolute Gasteiger partial charge is 0.466 e. The van der Waals surface area contributed by atoms with E-state index in [0.29, 0.717) is 13.0 Å². The Morgan fingerprint density at radius 3 is 2.67 bits per heavy atom. The zero-order valence-electron chi connectivity index (χ0n) is 7.42. The topological polar surface area (TPSA) is 26.3 Å². The fourth-order valence-electron chi connectivity index (χ4n) is 1.22. The summed E-state index contributed by atoms with van der Waals surface area (Å²) >= 11 is 0. The number of carbonyl (C=O) groups excluding carboxylic acids is 1. The van der Waals surface area contributed by atoms with E-state index in [1.165, 1.54) is 0 Å². The second kappa shape index (κ2) is 5.81. The molecule has 1 heterocycles. The quantitative estimate of drug-likeness (QED) is 0.410. The van der Waals surface area contributed by atoms with Crippen LogP contribution in [0.3, 0.4) is 0 Å². The van der Waals surface area contributed by atoms with Crippen molar-refractivity contribution in [1.29, 1.82) is 0 Å². The van der Waals surface area contributed by atoms with Crippen molar-refractivity contribution in [2.24, 2.45) is 0 Å². The Labute approximate surface area is 73.6 Å². The van der Waals surface area contributed by atoms with Crippen molar-refractivity contribution in [3.63, 3.8) is 0 Å². The van der Waals surface area contributed by atoms with Gasteiger partial charge in [0.05, 0.1) is 6.61 Å². The molecular formula is C10H16O2. The molecule has 0 aromatic rings. The summed E-state index contributed by atoms with van der Waals surface area (Å²) in [6.45, 7) is 0.604. The fraction of sp³-hybridized carbons (Fsp3) is 0.700. The normalized spacial score (nSPS) is 21.2. The van der Waals surface area contributed by atoms with Gasteiger partial charge in [0.2, 0.25) is 0 Å². The van der Waals surface area contributed by atoms with Crippen molar-refractivity contribution in [2.75, 3.05) is 6.61 Å². The highest BCUT2D eigenvalue weighted by molar-refractivity contribution is 5.69. The van der Waals surface area contributed by atoms with Crippen molar-refractivity contribution in [2.45, 2.75) is 38.5 Å². The molecule has 0 bridgehead atoms. The van der Waals surface area contributed by atoms with Crippen molar-refractivity contribution in [1.82, 2.24) is 0 Å². The molecule has 0 radical (unpaired) electrons. The average molecular weight is 168 g/mol. The monoisotopic (exact) mass is 168 g/mol. The summed E-state index contributed by atoms with van der Waals surface area (Å²) < 4.78 is 5.01. The summed E-state index contributed by atoms with van der Waals surface area (Å²) in [5.74, 6) is -0.0368. The van der Waals surface area contributed by atoms with Crippen LogP contribution in [-0.4, -0.2) is 12.6 Å². The fourth-order valence-corrected chi connectivity index (χ4v) is 1.22. The van der Waals surface area contributed by atoms with Crippen LogP contribution in [0.15, 0.2) is 12.2 Å². The Morgan fingerprint density at radius 2 is 1.83 bits per heavy atom. The molecule has 2 heteroatoms. The molecule has 1 aliphatic rings. The molecule has 0 aromatic heterocycles. The molecule has 0 spiro atoms. The molecule has 1 aliphatic heterocycles. The number of carbonyl (C=O) groups is 1. The van der Waals surface area contributed by atoms with Gasteiger partial charge in [-0.25, -0.2) is 0 Å². The van der Waals surface area contributed by atoms with Crippen LogP contribution in [0.4, 0.5) is 0 Å². The Bertz CT molecular complexity index is 161. The summed E-state index contributed by atoms with van der Waals surface area (Å²) in [7, 11) is 0. The van der Waals surface area contributed by atoms with Crippen molar-refractivity contribution < 1.29 is 9.53 Å². The average Bonchev–Trinajstić information content (AvgIpc) is 2.11. The molecule has 0 unspecified atom stereocenters. The van der Waals surface area contributed by atoms with Crippen LogP contribution in [0, 0.1) is 0 Å². The van der Waals surface area contributed by atoms with Gasteiger partial charge in [-0.15, -0.1) is 0 Å². The van der Waals surface area contributed by atoms with E-state index >= 15 is 0 Å². The number of allylic oxidation sites excluding steroid dienone is 2. The number of cyclic esters (lactones) is 1. The molecule has 0 aromatic carbocycles. The van der Waals surface area contributed by atoms with Crippen molar-refractivity contribution in [3.8, 4) is 0 Å². The Hall–Kier alpha value is -0.790. The maximum Gasteiger partial charge on any atom is 0.305 e. The van der Waals surface area contributed by atoms with Crippen LogP contribution < -0.4 is 0 Å². The molecule has 68 valence electrons. The van der Waals surface area contributed by atoms with Gasteiger partial charge >= 0.3 is 5.97 Å². The van der Waals surface area contributed by atoms with Gasteiger partial charge in [0.15, 0.2) is 0 Å². The number of esters is 1. The maximum absolute atomic E-state index is 11.0. The molecule has 1 rings (SSSR count). The highest BCUT2D eigenvalue weighted by Crippen LogP contribution is 2.05. The van der Waals surface area contributed by atoms with Gasteiger partial charge in [-0.05, 0) is 32.1 Å². The first kappa shape index (κ1) is 9.30. The van der Waals surface area contributed by atoms with E-state index in [0.717, 1.165) is 32.1 Å². The van der Waals surface area contributed by atoms with Gasteiger partial charge < -0.3 is 4.74 Å². The lowest BCUT2D eigenvalue weighted by atomic mass is 10.2. The molecule has 12 heavy (non-hydrogen) atoms. The minimum Gasteiger partial charge on any atom is -0.466 e. The van der Waals surface area contributed by atoms with Gasteiger partial charge in [-0.3, -0.25) is 4.79 Å². The predicted octanol–water partition coefficient (Wildman–Crippen LogP) is 2.44. The SMILES string of the molecule is O=C1CCCC=CCCCCO1. The predicted molar refractivity (Wildman–Crippen MR) is 47.8 cm³/mol. The van der Waals surface area contributed by atoms with Gasteiger partial charge in [0.25, 0.3) is 0 Å². The van der Waals surface area contributed by atoms with Crippen LogP contribution in [0.5, 0.6) is 0 Å². The van der Waals surface area contributed by atoms with Crippen LogP contribution in [-0.2, 0) is 9.53 Å². The van der Waals surface area contributed by atoms with Gasteiger partial charge in [0, 0.05) is 6.42 Å². The molecular weight excluding hydrogens is 152 g/mol. The first-order valence-electron chi connectivity index (χ1n) is 4.70. The number of hydrogen-bond acceptors (Lipinski definition) is 2. The summed E-state index contributed by atoms with van der Waals surface area (Å²) in [5, 5.41) is 0. The summed E-state index contributed by atoms with van der Waals surface area (Å²) in [6, 6.07) is 0. The summed E-state index contributed by atoms with van der Waals surface area (Å²) in [5.41, 5.74) is 0. The van der Waals surface area contributed by atoms with E-state index in [9.17, 15) is 4.79 Å². The van der Waals surface area contributed by atoms with E-state index in [4.69, 9.17) is 4.74 Å². The van der Waals surface area contributed by atoms with Gasteiger partial charge in [-0.1, -0.05) is 12.2 Å². The number of hydrogen-bond donors (Lipinski definition) is 0. The molecule has 0 atom stereocenters. The molecule has 0 fully saturated rings. The number of ether oxygens (including phenoxy) is 1. The van der Waals surface area contributed by atoms with Gasteiger partial charge in [0.1, 0.15) is 0 Å². The first-order valence-corrected chi connectivity index (χ1v) is 4.70. The van der Waals surface area contributed by atoms with E-state index < -0.39 is 0 Å². The number of rotatable bonds is 0. The summed E-state index contributed by atoms with van der Waals surface area (Å²) in [4.78, 5) is 11.0. The summed E-state index contributed by atoms with van der Waals surface area (Å²) in [6.07, 6.45) is 10.1. The lowest BCUT2D eigenvalue weighted by Gasteiger charge is -2.01. The third kappa shape index (κ3) is 4.16. The van der Waals surface area contributed by atoms with Gasteiger partial charge in [-0.2, -0.15) is 0 Å². The smallest absolute Gasteiger partial charge is 0.305 e. The second-order valence-electron chi connectivity index (χ2n) is 3.08. The Balaban J connectivity index is 2.26. The second-order valence-corrected chi connectivity index (χ2v) is 3.08. The highest BCUT2D eigenvalue weighted by atomic mass is 16.5. The zero-order valence-corrected chi connectivity index (χ0v) is 7.42. The maximum atomic E-state index is 11.0. The van der Waals surface area contributed by atoms with Crippen LogP contribution in [0.2, 0.25) is 0 Å².